The molecule has 0 aromatic carbocycles. The van der Waals surface area contributed by atoms with Crippen LogP contribution in [0.5, 0.6) is 0 Å². The molecule has 7 heteroatoms. The Hall–Kier alpha value is -1.83. The summed E-state index contributed by atoms with van der Waals surface area (Å²) in [4.78, 5) is 4.72. The molecule has 2 aliphatic rings. The van der Waals surface area contributed by atoms with Crippen LogP contribution in [0.15, 0.2) is 24.7 Å². The second-order valence-corrected chi connectivity index (χ2v) is 8.14. The van der Waals surface area contributed by atoms with Gasteiger partial charge in [-0.15, -0.1) is 0 Å². The Kier molecular flexibility index (Phi) is 4.07. The molecule has 1 spiro atoms. The molecule has 0 atom stereocenters. The van der Waals surface area contributed by atoms with Crippen molar-refractivity contribution in [2.75, 3.05) is 13.2 Å². The van der Waals surface area contributed by atoms with E-state index >= 15 is 0 Å². The van der Waals surface area contributed by atoms with E-state index in [-0.39, 0.29) is 5.79 Å². The minimum atomic E-state index is -0.319. The Morgan fingerprint density at radius 2 is 1.89 bits per heavy atom. The quantitative estimate of drug-likeness (QED) is 0.682. The molecule has 4 heterocycles. The summed E-state index contributed by atoms with van der Waals surface area (Å²) in [6.45, 7) is 3.49. The van der Waals surface area contributed by atoms with E-state index in [1.165, 1.54) is 5.56 Å². The Bertz CT molecular complexity index is 993. The van der Waals surface area contributed by atoms with E-state index < -0.39 is 0 Å². The summed E-state index contributed by atoms with van der Waals surface area (Å²) in [6, 6.07) is 2.29. The van der Waals surface area contributed by atoms with Gasteiger partial charge in [-0.1, -0.05) is 12.8 Å². The fourth-order valence-corrected chi connectivity index (χ4v) is 4.86. The third-order valence-electron chi connectivity index (χ3n) is 5.98. The van der Waals surface area contributed by atoms with Crippen molar-refractivity contribution >= 4 is 23.8 Å². The Morgan fingerprint density at radius 3 is 2.56 bits per heavy atom. The SMILES string of the molecule is Cc1nn(C)cc1-c1cn(S)c2ncc(C3CCC4(CC3)OCCO4)cc12. The van der Waals surface area contributed by atoms with Gasteiger partial charge in [0.25, 0.3) is 0 Å². The lowest BCUT2D eigenvalue weighted by molar-refractivity contribution is -0.178. The van der Waals surface area contributed by atoms with Crippen LogP contribution < -0.4 is 0 Å². The zero-order chi connectivity index (χ0) is 18.6. The fourth-order valence-electron chi connectivity index (χ4n) is 4.59. The van der Waals surface area contributed by atoms with E-state index in [2.05, 4.69) is 30.2 Å². The van der Waals surface area contributed by atoms with Crippen molar-refractivity contribution < 1.29 is 9.47 Å². The number of fused-ring (bicyclic) bond motifs is 1. The molecule has 1 aliphatic heterocycles. The normalized spacial score (nSPS) is 20.1. The number of aryl methyl sites for hydroxylation is 2. The molecule has 1 aliphatic carbocycles. The number of hydrogen-bond acceptors (Lipinski definition) is 5. The fraction of sp³-hybridized carbons (Fsp3) is 0.500. The maximum atomic E-state index is 5.87. The van der Waals surface area contributed by atoms with Crippen LogP contribution in [0.1, 0.15) is 42.9 Å². The van der Waals surface area contributed by atoms with Gasteiger partial charge in [0, 0.05) is 55.0 Å². The van der Waals surface area contributed by atoms with Gasteiger partial charge in [-0.3, -0.25) is 8.65 Å². The molecule has 3 aromatic rings. The first-order valence-corrected chi connectivity index (χ1v) is 9.93. The number of nitrogens with zero attached hydrogens (tertiary/aromatic N) is 4. The molecule has 1 saturated heterocycles. The molecular formula is C20H24N4O2S. The maximum Gasteiger partial charge on any atom is 0.168 e. The highest BCUT2D eigenvalue weighted by atomic mass is 32.1. The zero-order valence-corrected chi connectivity index (χ0v) is 16.6. The number of thiol groups is 1. The molecule has 142 valence electrons. The Morgan fingerprint density at radius 1 is 1.15 bits per heavy atom. The molecular weight excluding hydrogens is 360 g/mol. The van der Waals surface area contributed by atoms with E-state index in [1.807, 2.05) is 31.0 Å². The predicted molar refractivity (Wildman–Crippen MR) is 107 cm³/mol. The van der Waals surface area contributed by atoms with Gasteiger partial charge in [-0.05, 0) is 37.3 Å². The van der Waals surface area contributed by atoms with Crippen molar-refractivity contribution in [3.8, 4) is 11.1 Å². The largest absolute Gasteiger partial charge is 0.348 e. The Labute approximate surface area is 164 Å². The van der Waals surface area contributed by atoms with Crippen molar-refractivity contribution in [1.29, 1.82) is 0 Å². The smallest absolute Gasteiger partial charge is 0.168 e. The molecule has 6 nitrogen and oxygen atoms in total. The zero-order valence-electron chi connectivity index (χ0n) is 15.7. The van der Waals surface area contributed by atoms with Crippen LogP contribution in [0, 0.1) is 6.92 Å². The van der Waals surface area contributed by atoms with Crippen LogP contribution in [-0.2, 0) is 16.5 Å². The second kappa shape index (κ2) is 6.36. The van der Waals surface area contributed by atoms with Gasteiger partial charge >= 0.3 is 0 Å². The van der Waals surface area contributed by atoms with Crippen LogP contribution in [0.4, 0.5) is 0 Å². The van der Waals surface area contributed by atoms with E-state index in [9.17, 15) is 0 Å². The first-order chi connectivity index (χ1) is 13.0. The van der Waals surface area contributed by atoms with Crippen molar-refractivity contribution in [3.05, 3.63) is 35.9 Å². The lowest BCUT2D eigenvalue weighted by Crippen LogP contribution is -2.34. The average molecular weight is 385 g/mol. The summed E-state index contributed by atoms with van der Waals surface area (Å²) < 4.78 is 15.4. The molecule has 3 aromatic heterocycles. The van der Waals surface area contributed by atoms with Gasteiger partial charge in [0.1, 0.15) is 5.65 Å². The van der Waals surface area contributed by atoms with Crippen LogP contribution >= 0.6 is 12.8 Å². The maximum absolute atomic E-state index is 5.87. The van der Waals surface area contributed by atoms with Gasteiger partial charge in [0.15, 0.2) is 5.79 Å². The highest BCUT2D eigenvalue weighted by molar-refractivity contribution is 7.78. The standard InChI is InChI=1S/C20H24N4O2S/c1-13-17(11-23(2)22-13)18-12-24(27)19-16(18)9-15(10-21-19)14-3-5-20(6-4-14)25-7-8-26-20/h9-12,14,27H,3-8H2,1-2H3. The molecule has 5 rings (SSSR count). The van der Waals surface area contributed by atoms with Gasteiger partial charge in [0.05, 0.1) is 18.9 Å². The van der Waals surface area contributed by atoms with E-state index in [4.69, 9.17) is 14.5 Å². The Balaban J connectivity index is 1.50. The lowest BCUT2D eigenvalue weighted by atomic mass is 9.81. The van der Waals surface area contributed by atoms with Gasteiger partial charge in [0.2, 0.25) is 0 Å². The van der Waals surface area contributed by atoms with Crippen molar-refractivity contribution in [1.82, 2.24) is 18.7 Å². The first kappa shape index (κ1) is 17.3. The van der Waals surface area contributed by atoms with Crippen LogP contribution in [0.3, 0.4) is 0 Å². The van der Waals surface area contributed by atoms with E-state index in [0.717, 1.165) is 66.8 Å². The molecule has 0 N–H and O–H groups in total. The van der Waals surface area contributed by atoms with Gasteiger partial charge < -0.3 is 9.47 Å². The highest BCUT2D eigenvalue weighted by Crippen LogP contribution is 2.43. The second-order valence-electron chi connectivity index (χ2n) is 7.71. The van der Waals surface area contributed by atoms with Gasteiger partial charge in [-0.2, -0.15) is 5.10 Å². The lowest BCUT2D eigenvalue weighted by Gasteiger charge is -2.35. The molecule has 1 saturated carbocycles. The molecule has 2 fully saturated rings. The van der Waals surface area contributed by atoms with Gasteiger partial charge in [-0.25, -0.2) is 4.98 Å². The number of pyridine rings is 1. The monoisotopic (exact) mass is 384 g/mol. The summed E-state index contributed by atoms with van der Waals surface area (Å²) in [5, 5.41) is 5.62. The molecule has 0 radical (unpaired) electrons. The topological polar surface area (TPSA) is 54.1 Å². The predicted octanol–water partition coefficient (Wildman–Crippen LogP) is 3.84. The van der Waals surface area contributed by atoms with E-state index in [1.54, 1.807) is 3.97 Å². The van der Waals surface area contributed by atoms with Crippen LogP contribution in [0.2, 0.25) is 0 Å². The van der Waals surface area contributed by atoms with Crippen molar-refractivity contribution in [2.24, 2.45) is 7.05 Å². The third-order valence-corrected chi connectivity index (χ3v) is 6.29. The minimum Gasteiger partial charge on any atom is -0.348 e. The average Bonchev–Trinajstić information content (AvgIpc) is 3.34. The van der Waals surface area contributed by atoms with E-state index in [0.29, 0.717) is 5.92 Å². The summed E-state index contributed by atoms with van der Waals surface area (Å²) in [5.41, 5.74) is 5.45. The summed E-state index contributed by atoms with van der Waals surface area (Å²) in [6.07, 6.45) is 10.1. The number of rotatable bonds is 2. The van der Waals surface area contributed by atoms with Crippen molar-refractivity contribution in [2.45, 2.75) is 44.3 Å². The van der Waals surface area contributed by atoms with Crippen molar-refractivity contribution in [3.63, 3.8) is 0 Å². The number of hydrogen-bond donors (Lipinski definition) is 1. The summed E-state index contributed by atoms with van der Waals surface area (Å²) in [7, 11) is 1.95. The third kappa shape index (κ3) is 2.88. The number of aromatic nitrogens is 4. The summed E-state index contributed by atoms with van der Waals surface area (Å²) >= 11 is 4.57. The molecule has 27 heavy (non-hydrogen) atoms. The van der Waals surface area contributed by atoms with Crippen LogP contribution in [0.25, 0.3) is 22.2 Å². The summed E-state index contributed by atoms with van der Waals surface area (Å²) in [5.74, 6) is 0.173. The minimum absolute atomic E-state index is 0.319. The highest BCUT2D eigenvalue weighted by Gasteiger charge is 2.40. The number of ether oxygens (including phenoxy) is 2. The molecule has 0 amide bonds. The molecule has 0 bridgehead atoms. The first-order valence-electron chi connectivity index (χ1n) is 9.53. The molecule has 0 unspecified atom stereocenters. The van der Waals surface area contributed by atoms with Crippen LogP contribution in [-0.4, -0.2) is 37.7 Å².